The van der Waals surface area contributed by atoms with Gasteiger partial charge in [-0.25, -0.2) is 4.39 Å². The van der Waals surface area contributed by atoms with Gasteiger partial charge >= 0.3 is 0 Å². The van der Waals surface area contributed by atoms with Gasteiger partial charge in [0.05, 0.1) is 4.70 Å². The van der Waals surface area contributed by atoms with Crippen molar-refractivity contribution in [3.05, 3.63) is 89.2 Å². The van der Waals surface area contributed by atoms with E-state index >= 15 is 0 Å². The summed E-state index contributed by atoms with van der Waals surface area (Å²) in [5.41, 5.74) is 3.85. The van der Waals surface area contributed by atoms with Gasteiger partial charge in [-0.1, -0.05) is 38.1 Å². The number of hydrogen-bond acceptors (Lipinski definition) is 5. The van der Waals surface area contributed by atoms with Gasteiger partial charge in [-0.3, -0.25) is 9.69 Å². The molecular formula is C30H31FN4OS. The number of nitrogens with zero attached hydrogens (tertiary/aromatic N) is 4. The van der Waals surface area contributed by atoms with Crippen LogP contribution in [0, 0.1) is 5.82 Å². The van der Waals surface area contributed by atoms with E-state index in [9.17, 15) is 9.18 Å². The Morgan fingerprint density at radius 3 is 2.54 bits per heavy atom. The zero-order chi connectivity index (χ0) is 25.6. The lowest BCUT2D eigenvalue weighted by atomic mass is 9.86. The van der Waals surface area contributed by atoms with Crippen molar-refractivity contribution in [2.75, 3.05) is 49.1 Å². The molecule has 190 valence electrons. The number of amides is 1. The first-order valence-corrected chi connectivity index (χ1v) is 13.7. The zero-order valence-electron chi connectivity index (χ0n) is 21.3. The molecule has 0 atom stereocenters. The normalized spacial score (nSPS) is 17.4. The smallest absolute Gasteiger partial charge is 0.258 e. The summed E-state index contributed by atoms with van der Waals surface area (Å²) in [5, 5.41) is 1.26. The lowest BCUT2D eigenvalue weighted by Gasteiger charge is -2.35. The molecule has 0 bridgehead atoms. The summed E-state index contributed by atoms with van der Waals surface area (Å²) >= 11 is 1.58. The number of aromatic nitrogens is 1. The van der Waals surface area contributed by atoms with Crippen LogP contribution in [0.3, 0.4) is 0 Å². The van der Waals surface area contributed by atoms with E-state index in [-0.39, 0.29) is 17.1 Å². The van der Waals surface area contributed by atoms with Crippen molar-refractivity contribution in [3.8, 4) is 0 Å². The highest BCUT2D eigenvalue weighted by Crippen LogP contribution is 2.41. The number of carbonyl (C=O) groups excluding carboxylic acids is 1. The van der Waals surface area contributed by atoms with Gasteiger partial charge in [0.2, 0.25) is 0 Å². The summed E-state index contributed by atoms with van der Waals surface area (Å²) < 4.78 is 19.3. The van der Waals surface area contributed by atoms with Gasteiger partial charge in [0.1, 0.15) is 11.6 Å². The fourth-order valence-electron chi connectivity index (χ4n) is 5.58. The molecule has 0 aliphatic carbocycles. The van der Waals surface area contributed by atoms with Crippen LogP contribution >= 0.6 is 11.5 Å². The maximum Gasteiger partial charge on any atom is 0.258 e. The summed E-state index contributed by atoms with van der Waals surface area (Å²) in [4.78, 5) is 20.0. The van der Waals surface area contributed by atoms with E-state index in [1.807, 2.05) is 4.90 Å². The van der Waals surface area contributed by atoms with Crippen LogP contribution in [-0.4, -0.2) is 54.4 Å². The first-order chi connectivity index (χ1) is 17.9. The summed E-state index contributed by atoms with van der Waals surface area (Å²) in [7, 11) is 0. The Morgan fingerprint density at radius 1 is 1.00 bits per heavy atom. The Labute approximate surface area is 221 Å². The van der Waals surface area contributed by atoms with Crippen LogP contribution in [0.25, 0.3) is 10.1 Å². The predicted octanol–water partition coefficient (Wildman–Crippen LogP) is 5.74. The van der Waals surface area contributed by atoms with Crippen LogP contribution in [-0.2, 0) is 11.8 Å². The molecule has 1 amide bonds. The molecule has 3 aromatic carbocycles. The molecule has 0 N–H and O–H groups in total. The number of halogens is 1. The Balaban J connectivity index is 1.10. The Kier molecular flexibility index (Phi) is 6.21. The molecule has 0 saturated carbocycles. The maximum absolute atomic E-state index is 13.3. The maximum atomic E-state index is 13.3. The van der Waals surface area contributed by atoms with E-state index < -0.39 is 0 Å². The summed E-state index contributed by atoms with van der Waals surface area (Å²) in [6, 6.07) is 20.8. The van der Waals surface area contributed by atoms with Crippen LogP contribution < -0.4 is 9.80 Å². The van der Waals surface area contributed by atoms with Gasteiger partial charge in [-0.2, -0.15) is 4.37 Å². The molecular weight excluding hydrogens is 483 g/mol. The molecule has 0 radical (unpaired) electrons. The molecule has 0 spiro atoms. The van der Waals surface area contributed by atoms with Crippen molar-refractivity contribution >= 4 is 39.0 Å². The van der Waals surface area contributed by atoms with Gasteiger partial charge < -0.3 is 9.80 Å². The highest BCUT2D eigenvalue weighted by molar-refractivity contribution is 7.13. The second-order valence-corrected chi connectivity index (χ2v) is 11.5. The second kappa shape index (κ2) is 9.54. The quantitative estimate of drug-likeness (QED) is 0.341. The van der Waals surface area contributed by atoms with Gasteiger partial charge in [-0.05, 0) is 71.5 Å². The Hall–Kier alpha value is -3.29. The Bertz CT molecular complexity index is 1440. The topological polar surface area (TPSA) is 39.7 Å². The number of hydrogen-bond donors (Lipinski definition) is 0. The monoisotopic (exact) mass is 514 g/mol. The number of rotatable bonds is 5. The fourth-order valence-corrected chi connectivity index (χ4v) is 6.38. The van der Waals surface area contributed by atoms with Crippen molar-refractivity contribution in [1.82, 2.24) is 9.27 Å². The molecule has 1 fully saturated rings. The average Bonchev–Trinajstić information content (AvgIpc) is 3.46. The van der Waals surface area contributed by atoms with E-state index in [4.69, 9.17) is 4.37 Å². The van der Waals surface area contributed by atoms with Crippen molar-refractivity contribution < 1.29 is 9.18 Å². The van der Waals surface area contributed by atoms with Crippen LogP contribution in [0.2, 0.25) is 0 Å². The molecule has 3 heterocycles. The minimum absolute atomic E-state index is 0.0784. The van der Waals surface area contributed by atoms with Crippen LogP contribution in [0.5, 0.6) is 0 Å². The molecule has 4 aromatic rings. The van der Waals surface area contributed by atoms with Crippen LogP contribution in [0.4, 0.5) is 15.9 Å². The van der Waals surface area contributed by atoms with E-state index in [1.54, 1.807) is 23.7 Å². The van der Waals surface area contributed by atoms with Crippen molar-refractivity contribution in [3.63, 3.8) is 0 Å². The minimum atomic E-state index is -0.332. The van der Waals surface area contributed by atoms with E-state index in [2.05, 4.69) is 66.1 Å². The third-order valence-electron chi connectivity index (χ3n) is 7.72. The van der Waals surface area contributed by atoms with Gasteiger partial charge in [0, 0.05) is 61.3 Å². The second-order valence-electron chi connectivity index (χ2n) is 10.7. The number of carbonyl (C=O) groups is 1. The van der Waals surface area contributed by atoms with Crippen molar-refractivity contribution in [2.45, 2.75) is 25.7 Å². The average molecular weight is 515 g/mol. The number of benzene rings is 3. The summed E-state index contributed by atoms with van der Waals surface area (Å²) in [5.74, 6) is 0.715. The first-order valence-electron chi connectivity index (χ1n) is 12.9. The SMILES string of the molecule is CC1(C)CN(C(=O)c2ccc(F)cc2)c2ccc(CCN3CCN(c4nsc5ccccc45)CC3)cc21. The molecule has 6 rings (SSSR count). The lowest BCUT2D eigenvalue weighted by molar-refractivity contribution is 0.0986. The number of anilines is 2. The van der Waals surface area contributed by atoms with E-state index in [1.165, 1.54) is 33.3 Å². The van der Waals surface area contributed by atoms with Crippen LogP contribution in [0.15, 0.2) is 66.7 Å². The van der Waals surface area contributed by atoms with Crippen molar-refractivity contribution in [1.29, 1.82) is 0 Å². The van der Waals surface area contributed by atoms with E-state index in [0.717, 1.165) is 50.6 Å². The molecule has 2 aliphatic heterocycles. The predicted molar refractivity (Wildman–Crippen MR) is 150 cm³/mol. The molecule has 1 aromatic heterocycles. The highest BCUT2D eigenvalue weighted by Gasteiger charge is 2.38. The first kappa shape index (κ1) is 24.1. The molecule has 37 heavy (non-hydrogen) atoms. The van der Waals surface area contributed by atoms with Gasteiger partial charge in [0.15, 0.2) is 0 Å². The molecule has 7 heteroatoms. The van der Waals surface area contributed by atoms with Crippen molar-refractivity contribution in [2.24, 2.45) is 0 Å². The molecule has 5 nitrogen and oxygen atoms in total. The third-order valence-corrected chi connectivity index (χ3v) is 8.53. The van der Waals surface area contributed by atoms with Crippen LogP contribution in [0.1, 0.15) is 35.3 Å². The summed E-state index contributed by atoms with van der Waals surface area (Å²) in [6.45, 7) is 10.1. The highest BCUT2D eigenvalue weighted by atomic mass is 32.1. The fraction of sp³-hybridized carbons (Fsp3) is 0.333. The Morgan fingerprint density at radius 2 is 1.76 bits per heavy atom. The standard InChI is InChI=1S/C30H31FN4OS/c1-30(2)20-35(29(36)22-8-10-23(31)11-9-22)26-12-7-21(19-25(26)30)13-14-33-15-17-34(18-16-33)28-24-5-3-4-6-27(24)37-32-28/h3-12,19H,13-18,20H2,1-2H3. The molecule has 2 aliphatic rings. The number of piperazine rings is 1. The largest absolute Gasteiger partial charge is 0.353 e. The number of fused-ring (bicyclic) bond motifs is 2. The molecule has 0 unspecified atom stereocenters. The third kappa shape index (κ3) is 4.62. The van der Waals surface area contributed by atoms with E-state index in [0.29, 0.717) is 12.1 Å². The lowest BCUT2D eigenvalue weighted by Crippen LogP contribution is -2.47. The minimum Gasteiger partial charge on any atom is -0.353 e. The van der Waals surface area contributed by atoms with Gasteiger partial charge in [-0.15, -0.1) is 0 Å². The molecule has 1 saturated heterocycles. The summed E-state index contributed by atoms with van der Waals surface area (Å²) in [6.07, 6.45) is 0.981. The van der Waals surface area contributed by atoms with Gasteiger partial charge in [0.25, 0.3) is 5.91 Å². The zero-order valence-corrected chi connectivity index (χ0v) is 22.1.